The molecule has 1 amide bonds. The van der Waals surface area contributed by atoms with E-state index in [9.17, 15) is 9.59 Å². The Bertz CT molecular complexity index is 1670. The second-order valence-corrected chi connectivity index (χ2v) is 12.9. The lowest BCUT2D eigenvalue weighted by atomic mass is 9.98. The summed E-state index contributed by atoms with van der Waals surface area (Å²) in [5, 5.41) is 6.98. The number of rotatable bonds is 6. The smallest absolute Gasteiger partial charge is 0.272 e. The summed E-state index contributed by atoms with van der Waals surface area (Å²) in [6, 6.07) is 23.9. The third kappa shape index (κ3) is 5.42. The minimum Gasteiger partial charge on any atom is -0.272 e. The van der Waals surface area contributed by atoms with Gasteiger partial charge in [0.25, 0.3) is 11.5 Å². The van der Waals surface area contributed by atoms with E-state index < -0.39 is 0 Å². The van der Waals surface area contributed by atoms with Gasteiger partial charge >= 0.3 is 0 Å². The number of hydrogen-bond acceptors (Lipinski definition) is 6. The number of benzene rings is 3. The Morgan fingerprint density at radius 2 is 1.68 bits per heavy atom. The summed E-state index contributed by atoms with van der Waals surface area (Å²) < 4.78 is 2.64. The van der Waals surface area contributed by atoms with Crippen molar-refractivity contribution in [2.45, 2.75) is 42.8 Å². The molecule has 0 saturated carbocycles. The van der Waals surface area contributed by atoms with Crippen LogP contribution in [0.1, 0.15) is 40.4 Å². The number of nitrogens with zero attached hydrogens (tertiary/aromatic N) is 4. The van der Waals surface area contributed by atoms with Crippen molar-refractivity contribution in [2.75, 3.05) is 11.5 Å². The first-order chi connectivity index (χ1) is 19.4. The van der Waals surface area contributed by atoms with E-state index in [-0.39, 0.29) is 23.3 Å². The molecule has 1 atom stereocenters. The number of fused-ring (bicyclic) bond motifs is 1. The fourth-order valence-electron chi connectivity index (χ4n) is 4.91. The van der Waals surface area contributed by atoms with E-state index in [1.807, 2.05) is 55.5 Å². The van der Waals surface area contributed by atoms with E-state index >= 15 is 0 Å². The predicted molar refractivity (Wildman–Crippen MR) is 166 cm³/mol. The molecule has 9 heteroatoms. The molecule has 3 aromatic carbocycles. The molecule has 0 spiro atoms. The van der Waals surface area contributed by atoms with Gasteiger partial charge < -0.3 is 0 Å². The van der Waals surface area contributed by atoms with Crippen LogP contribution in [0.5, 0.6) is 0 Å². The highest BCUT2D eigenvalue weighted by Crippen LogP contribution is 2.35. The Labute approximate surface area is 250 Å². The van der Waals surface area contributed by atoms with Crippen LogP contribution in [-0.4, -0.2) is 37.7 Å². The molecule has 6 rings (SSSR count). The Kier molecular flexibility index (Phi) is 7.70. The van der Waals surface area contributed by atoms with Crippen molar-refractivity contribution in [1.29, 1.82) is 0 Å². The number of hydrazone groups is 1. The van der Waals surface area contributed by atoms with Gasteiger partial charge in [0.15, 0.2) is 5.16 Å². The number of aromatic nitrogens is 2. The maximum absolute atomic E-state index is 13.8. The number of amides is 1. The molecule has 2 aliphatic rings. The van der Waals surface area contributed by atoms with E-state index in [4.69, 9.17) is 10.1 Å². The molecule has 6 nitrogen and oxygen atoms in total. The van der Waals surface area contributed by atoms with Gasteiger partial charge in [-0.3, -0.25) is 14.2 Å². The SMILES string of the molecule is Cc1ccc(C2CC(c3ccc(Br)cc3)=NN2C(=O)CSc2nc3c(c(=O)n2-c2ccc(C)cc2)SCC3)cc1. The molecule has 3 heterocycles. The van der Waals surface area contributed by atoms with Crippen molar-refractivity contribution in [2.24, 2.45) is 5.10 Å². The van der Waals surface area contributed by atoms with Crippen LogP contribution in [0.25, 0.3) is 5.69 Å². The lowest BCUT2D eigenvalue weighted by Crippen LogP contribution is -2.29. The lowest BCUT2D eigenvalue weighted by molar-refractivity contribution is -0.130. The molecule has 2 aliphatic heterocycles. The molecule has 40 heavy (non-hydrogen) atoms. The third-order valence-electron chi connectivity index (χ3n) is 7.09. The van der Waals surface area contributed by atoms with Crippen molar-refractivity contribution in [3.63, 3.8) is 0 Å². The average Bonchev–Trinajstić information content (AvgIpc) is 3.62. The zero-order chi connectivity index (χ0) is 27.8. The summed E-state index contributed by atoms with van der Waals surface area (Å²) in [7, 11) is 0. The standard InChI is InChI=1S/C31H27BrN4O2S2/c1-19-3-7-22(8-4-19)27-17-26(21-9-11-23(32)12-10-21)34-36(27)28(37)18-40-31-33-25-15-16-39-29(25)30(38)35(31)24-13-5-20(2)6-14-24/h3-14,27H,15-18H2,1-2H3. The second kappa shape index (κ2) is 11.4. The maximum atomic E-state index is 13.8. The molecule has 0 saturated heterocycles. The van der Waals surface area contributed by atoms with Crippen molar-refractivity contribution in [3.05, 3.63) is 116 Å². The zero-order valence-electron chi connectivity index (χ0n) is 22.1. The average molecular weight is 632 g/mol. The van der Waals surface area contributed by atoms with Crippen LogP contribution >= 0.6 is 39.5 Å². The van der Waals surface area contributed by atoms with Crippen molar-refractivity contribution < 1.29 is 4.79 Å². The summed E-state index contributed by atoms with van der Waals surface area (Å²) in [4.78, 5) is 32.9. The molecule has 4 aromatic rings. The van der Waals surface area contributed by atoms with Gasteiger partial charge in [-0.25, -0.2) is 9.99 Å². The van der Waals surface area contributed by atoms with Crippen LogP contribution in [0, 0.1) is 13.8 Å². The van der Waals surface area contributed by atoms with Crippen LogP contribution in [-0.2, 0) is 11.2 Å². The highest BCUT2D eigenvalue weighted by atomic mass is 79.9. The van der Waals surface area contributed by atoms with Crippen LogP contribution in [0.2, 0.25) is 0 Å². The Hall–Kier alpha value is -3.14. The van der Waals surface area contributed by atoms with Gasteiger partial charge in [-0.1, -0.05) is 87.3 Å². The molecule has 1 aromatic heterocycles. The van der Waals surface area contributed by atoms with Crippen molar-refractivity contribution >= 4 is 51.1 Å². The summed E-state index contributed by atoms with van der Waals surface area (Å²) in [5.41, 5.74) is 6.70. The molecule has 0 bridgehead atoms. The van der Waals surface area contributed by atoms with Gasteiger partial charge in [0, 0.05) is 23.1 Å². The van der Waals surface area contributed by atoms with Gasteiger partial charge in [0.1, 0.15) is 0 Å². The van der Waals surface area contributed by atoms with Crippen LogP contribution in [0.3, 0.4) is 0 Å². The molecule has 0 radical (unpaired) electrons. The normalized spacial score (nSPS) is 16.2. The molecule has 1 unspecified atom stereocenters. The number of aryl methyl sites for hydroxylation is 3. The molecule has 0 fully saturated rings. The zero-order valence-corrected chi connectivity index (χ0v) is 25.4. The van der Waals surface area contributed by atoms with E-state index in [2.05, 4.69) is 47.1 Å². The number of carbonyl (C=O) groups excluding carboxylic acids is 1. The first-order valence-corrected chi connectivity index (χ1v) is 15.8. The quantitative estimate of drug-likeness (QED) is 0.175. The van der Waals surface area contributed by atoms with E-state index in [1.54, 1.807) is 21.3 Å². The van der Waals surface area contributed by atoms with Gasteiger partial charge in [-0.15, -0.1) is 11.8 Å². The van der Waals surface area contributed by atoms with Crippen LogP contribution in [0.4, 0.5) is 0 Å². The monoisotopic (exact) mass is 630 g/mol. The van der Waals surface area contributed by atoms with E-state index in [1.165, 1.54) is 17.3 Å². The fraction of sp³-hybridized carbons (Fsp3) is 0.226. The van der Waals surface area contributed by atoms with Gasteiger partial charge in [0.05, 0.1) is 33.8 Å². The number of halogens is 1. The molecule has 0 N–H and O–H groups in total. The minimum absolute atomic E-state index is 0.0689. The van der Waals surface area contributed by atoms with Crippen LogP contribution < -0.4 is 5.56 Å². The summed E-state index contributed by atoms with van der Waals surface area (Å²) >= 11 is 6.35. The Balaban J connectivity index is 1.32. The topological polar surface area (TPSA) is 67.6 Å². The third-order valence-corrected chi connectivity index (χ3v) is 9.65. The second-order valence-electron chi connectivity index (χ2n) is 9.96. The molecule has 0 aliphatic carbocycles. The van der Waals surface area contributed by atoms with Gasteiger partial charge in [-0.2, -0.15) is 5.10 Å². The number of thioether (sulfide) groups is 2. The Morgan fingerprint density at radius 3 is 2.38 bits per heavy atom. The maximum Gasteiger partial charge on any atom is 0.272 e. The molecular weight excluding hydrogens is 604 g/mol. The van der Waals surface area contributed by atoms with Crippen LogP contribution in [0.15, 0.2) is 97.2 Å². The van der Waals surface area contributed by atoms with E-state index in [0.29, 0.717) is 16.5 Å². The fourth-order valence-corrected chi connectivity index (χ4v) is 7.08. The first kappa shape index (κ1) is 27.1. The predicted octanol–water partition coefficient (Wildman–Crippen LogP) is 6.73. The molecular formula is C31H27BrN4O2S2. The first-order valence-electron chi connectivity index (χ1n) is 13.1. The van der Waals surface area contributed by atoms with Gasteiger partial charge in [0.2, 0.25) is 0 Å². The number of carbonyl (C=O) groups is 1. The minimum atomic E-state index is -0.198. The summed E-state index contributed by atoms with van der Waals surface area (Å²) in [6.07, 6.45) is 1.39. The highest BCUT2D eigenvalue weighted by Gasteiger charge is 2.33. The van der Waals surface area contributed by atoms with Gasteiger partial charge in [-0.05, 0) is 49.2 Å². The summed E-state index contributed by atoms with van der Waals surface area (Å²) in [6.45, 7) is 4.07. The highest BCUT2D eigenvalue weighted by molar-refractivity contribution is 9.10. The number of hydrogen-bond donors (Lipinski definition) is 0. The summed E-state index contributed by atoms with van der Waals surface area (Å²) in [5.74, 6) is 0.837. The lowest BCUT2D eigenvalue weighted by Gasteiger charge is -2.22. The van der Waals surface area contributed by atoms with E-state index in [0.717, 1.165) is 50.4 Å². The Morgan fingerprint density at radius 1 is 1.00 bits per heavy atom. The molecule has 202 valence electrons. The van der Waals surface area contributed by atoms with Crippen molar-refractivity contribution in [3.8, 4) is 5.69 Å². The van der Waals surface area contributed by atoms with Crippen molar-refractivity contribution in [1.82, 2.24) is 14.6 Å². The largest absolute Gasteiger partial charge is 0.272 e.